The zero-order valence-electron chi connectivity index (χ0n) is 15.8. The lowest BCUT2D eigenvalue weighted by Gasteiger charge is -2.17. The zero-order chi connectivity index (χ0) is 17.7. The van der Waals surface area contributed by atoms with Crippen molar-refractivity contribution in [3.8, 4) is 5.75 Å². The minimum absolute atomic E-state index is 0.277. The fourth-order valence-electron chi connectivity index (χ4n) is 3.60. The first kappa shape index (κ1) is 18.2. The molecular weight excluding hydrogens is 308 g/mol. The van der Waals surface area contributed by atoms with Crippen LogP contribution >= 0.6 is 0 Å². The van der Waals surface area contributed by atoms with E-state index in [1.54, 1.807) is 0 Å². The Labute approximate surface area is 152 Å². The monoisotopic (exact) mass is 340 g/mol. The molecule has 2 fully saturated rings. The van der Waals surface area contributed by atoms with Crippen LogP contribution in [0.1, 0.15) is 45.6 Å². The van der Waals surface area contributed by atoms with Gasteiger partial charge >= 0.3 is 0 Å². The van der Waals surface area contributed by atoms with Crippen LogP contribution in [0.3, 0.4) is 0 Å². The van der Waals surface area contributed by atoms with E-state index in [0.29, 0.717) is 18.7 Å². The van der Waals surface area contributed by atoms with Gasteiger partial charge in [-0.15, -0.1) is 0 Å². The molecule has 1 aromatic carbocycles. The van der Waals surface area contributed by atoms with Crippen molar-refractivity contribution in [2.24, 2.45) is 0 Å². The molecule has 0 radical (unpaired) electrons. The lowest BCUT2D eigenvalue weighted by Crippen LogP contribution is -2.35. The van der Waals surface area contributed by atoms with Crippen LogP contribution in [0.2, 0.25) is 0 Å². The highest BCUT2D eigenvalue weighted by Gasteiger charge is 2.51. The predicted octanol–water partition coefficient (Wildman–Crippen LogP) is 3.96. The molecule has 3 nitrogen and oxygen atoms in total. The molecule has 25 heavy (non-hydrogen) atoms. The molecule has 0 amide bonds. The van der Waals surface area contributed by atoms with E-state index >= 15 is 0 Å². The molecule has 3 heteroatoms. The van der Waals surface area contributed by atoms with E-state index in [4.69, 9.17) is 4.74 Å². The maximum absolute atomic E-state index is 5.94. The van der Waals surface area contributed by atoms with E-state index in [1.165, 1.54) is 24.0 Å². The Morgan fingerprint density at radius 1 is 1.36 bits per heavy atom. The van der Waals surface area contributed by atoms with Gasteiger partial charge in [-0.1, -0.05) is 44.2 Å². The van der Waals surface area contributed by atoms with E-state index in [-0.39, 0.29) is 5.41 Å². The first-order chi connectivity index (χ1) is 12.2. The molecule has 0 aromatic heterocycles. The molecule has 0 bridgehead atoms. The van der Waals surface area contributed by atoms with Crippen molar-refractivity contribution in [3.63, 3.8) is 0 Å². The standard InChI is InChI=1S/C22H32N2O/c1-4-6-7-17(5-2)16-25-20-10-8-18(9-11-20)22(3)14-21(22)24-19-12-13-23-15-19/h5-11,19,21,23-24H,4,12-16H2,1-3H3/b7-6-,17-5+/t19?,21-,22-/m0/s1. The fraction of sp³-hybridized carbons (Fsp3) is 0.545. The van der Waals surface area contributed by atoms with Crippen molar-refractivity contribution in [2.45, 2.75) is 57.5 Å². The van der Waals surface area contributed by atoms with Crippen molar-refractivity contribution in [1.82, 2.24) is 10.6 Å². The molecule has 2 aliphatic rings. The number of ether oxygens (including phenoxy) is 1. The normalized spacial score (nSPS) is 29.3. The topological polar surface area (TPSA) is 33.3 Å². The second-order valence-electron chi connectivity index (χ2n) is 7.52. The number of rotatable bonds is 8. The summed E-state index contributed by atoms with van der Waals surface area (Å²) in [5.74, 6) is 0.946. The Kier molecular flexibility index (Phi) is 5.98. The van der Waals surface area contributed by atoms with Gasteiger partial charge in [0.15, 0.2) is 0 Å². The van der Waals surface area contributed by atoms with Gasteiger partial charge in [0.05, 0.1) is 0 Å². The summed E-state index contributed by atoms with van der Waals surface area (Å²) in [6.45, 7) is 9.46. The number of nitrogens with one attached hydrogen (secondary N) is 2. The molecule has 1 heterocycles. The van der Waals surface area contributed by atoms with Crippen LogP contribution in [0.4, 0.5) is 0 Å². The second kappa shape index (κ2) is 8.20. The maximum atomic E-state index is 5.94. The summed E-state index contributed by atoms with van der Waals surface area (Å²) >= 11 is 0. The average Bonchev–Trinajstić information content (AvgIpc) is 3.04. The molecule has 0 spiro atoms. The van der Waals surface area contributed by atoms with Crippen molar-refractivity contribution in [3.05, 3.63) is 53.6 Å². The van der Waals surface area contributed by atoms with E-state index in [9.17, 15) is 0 Å². The Morgan fingerprint density at radius 2 is 2.16 bits per heavy atom. The lowest BCUT2D eigenvalue weighted by molar-refractivity contribution is 0.355. The van der Waals surface area contributed by atoms with Crippen LogP contribution in [0.15, 0.2) is 48.1 Å². The number of hydrogen-bond acceptors (Lipinski definition) is 3. The Hall–Kier alpha value is -1.58. The number of allylic oxidation sites excluding steroid dienone is 2. The van der Waals surface area contributed by atoms with E-state index in [2.05, 4.69) is 73.9 Å². The largest absolute Gasteiger partial charge is 0.489 e. The summed E-state index contributed by atoms with van der Waals surface area (Å²) in [5, 5.41) is 7.25. The minimum atomic E-state index is 0.277. The van der Waals surface area contributed by atoms with Gasteiger partial charge in [-0.3, -0.25) is 0 Å². The smallest absolute Gasteiger partial charge is 0.119 e. The van der Waals surface area contributed by atoms with Crippen molar-refractivity contribution < 1.29 is 4.74 Å². The molecule has 3 atom stereocenters. The first-order valence-electron chi connectivity index (χ1n) is 9.67. The van der Waals surface area contributed by atoms with Crippen LogP contribution in [0, 0.1) is 0 Å². The van der Waals surface area contributed by atoms with Gasteiger partial charge in [-0.2, -0.15) is 0 Å². The van der Waals surface area contributed by atoms with E-state index < -0.39 is 0 Å². The zero-order valence-corrected chi connectivity index (χ0v) is 15.8. The lowest BCUT2D eigenvalue weighted by atomic mass is 9.97. The molecule has 136 valence electrons. The van der Waals surface area contributed by atoms with Gasteiger partial charge in [0.25, 0.3) is 0 Å². The Morgan fingerprint density at radius 3 is 2.80 bits per heavy atom. The molecule has 2 N–H and O–H groups in total. The van der Waals surface area contributed by atoms with Gasteiger partial charge in [-0.25, -0.2) is 0 Å². The third-order valence-electron chi connectivity index (χ3n) is 5.59. The van der Waals surface area contributed by atoms with Crippen molar-refractivity contribution in [1.29, 1.82) is 0 Å². The molecule has 1 unspecified atom stereocenters. The molecular formula is C22H32N2O. The predicted molar refractivity (Wildman–Crippen MR) is 105 cm³/mol. The van der Waals surface area contributed by atoms with Gasteiger partial charge in [0, 0.05) is 24.0 Å². The highest BCUT2D eigenvalue weighted by atomic mass is 16.5. The summed E-state index contributed by atoms with van der Waals surface area (Å²) in [6.07, 6.45) is 9.96. The van der Waals surface area contributed by atoms with Crippen LogP contribution in [-0.2, 0) is 5.41 Å². The van der Waals surface area contributed by atoms with Gasteiger partial charge in [0.2, 0.25) is 0 Å². The summed E-state index contributed by atoms with van der Waals surface area (Å²) in [5.41, 5.74) is 2.91. The summed E-state index contributed by atoms with van der Waals surface area (Å²) in [4.78, 5) is 0. The Balaban J connectivity index is 1.53. The molecule has 1 aliphatic carbocycles. The van der Waals surface area contributed by atoms with E-state index in [0.717, 1.165) is 25.3 Å². The summed E-state index contributed by atoms with van der Waals surface area (Å²) in [7, 11) is 0. The third-order valence-corrected chi connectivity index (χ3v) is 5.59. The average molecular weight is 341 g/mol. The maximum Gasteiger partial charge on any atom is 0.119 e. The molecule has 3 rings (SSSR count). The number of hydrogen-bond donors (Lipinski definition) is 2. The third kappa shape index (κ3) is 4.53. The quantitative estimate of drug-likeness (QED) is 0.703. The summed E-state index contributed by atoms with van der Waals surface area (Å²) in [6, 6.07) is 9.96. The highest BCUT2D eigenvalue weighted by Crippen LogP contribution is 2.48. The van der Waals surface area contributed by atoms with E-state index in [1.807, 2.05) is 0 Å². The van der Waals surface area contributed by atoms with Crippen molar-refractivity contribution >= 4 is 0 Å². The first-order valence-corrected chi connectivity index (χ1v) is 9.67. The van der Waals surface area contributed by atoms with Crippen LogP contribution in [-0.4, -0.2) is 31.8 Å². The van der Waals surface area contributed by atoms with Crippen LogP contribution in [0.5, 0.6) is 5.75 Å². The van der Waals surface area contributed by atoms with Crippen LogP contribution < -0.4 is 15.4 Å². The minimum Gasteiger partial charge on any atom is -0.489 e. The molecule has 1 aliphatic heterocycles. The summed E-state index contributed by atoms with van der Waals surface area (Å²) < 4.78 is 5.94. The molecule has 1 saturated carbocycles. The van der Waals surface area contributed by atoms with Gasteiger partial charge < -0.3 is 15.4 Å². The van der Waals surface area contributed by atoms with Gasteiger partial charge in [-0.05, 0) is 56.0 Å². The van der Waals surface area contributed by atoms with Crippen molar-refractivity contribution in [2.75, 3.05) is 19.7 Å². The van der Waals surface area contributed by atoms with Gasteiger partial charge in [0.1, 0.15) is 12.4 Å². The Bertz CT molecular complexity index is 613. The van der Waals surface area contributed by atoms with Crippen LogP contribution in [0.25, 0.3) is 0 Å². The molecule has 1 saturated heterocycles. The number of benzene rings is 1. The fourth-order valence-corrected chi connectivity index (χ4v) is 3.60. The second-order valence-corrected chi connectivity index (χ2v) is 7.52. The highest BCUT2D eigenvalue weighted by molar-refractivity contribution is 5.39. The molecule has 1 aromatic rings. The SMILES string of the molecule is C/C=C(\C=C/CC)COc1ccc([C@]2(C)C[C@@H]2NC2CCNC2)cc1.